The van der Waals surface area contributed by atoms with Gasteiger partial charge in [-0.05, 0) is 12.1 Å². The van der Waals surface area contributed by atoms with Crippen LogP contribution in [0.25, 0.3) is 0 Å². The van der Waals surface area contributed by atoms with Crippen LogP contribution in [0.2, 0.25) is 0 Å². The number of hydrogen-bond acceptors (Lipinski definition) is 5. The molecule has 1 aromatic heterocycles. The number of carbonyl (C=O) groups excluding carboxylic acids is 1. The molecular weight excluding hydrogens is 236 g/mol. The Kier molecular flexibility index (Phi) is 3.29. The number of nitro groups is 1. The number of pyridine rings is 1. The fourth-order valence-corrected chi connectivity index (χ4v) is 1.31. The number of nitrogens with zero attached hydrogens (tertiary/aromatic N) is 2. The van der Waals surface area contributed by atoms with Crippen LogP contribution in [0.15, 0.2) is 42.6 Å². The quantitative estimate of drug-likeness (QED) is 0.469. The summed E-state index contributed by atoms with van der Waals surface area (Å²) in [4.78, 5) is 24.3. The van der Waals surface area contributed by atoms with E-state index >= 15 is 0 Å². The second-order valence-electron chi connectivity index (χ2n) is 3.40. The number of rotatable bonds is 4. The molecule has 0 saturated heterocycles. The first-order valence-corrected chi connectivity index (χ1v) is 5.02. The van der Waals surface area contributed by atoms with Crippen LogP contribution >= 0.6 is 0 Å². The van der Waals surface area contributed by atoms with Crippen molar-refractivity contribution >= 4 is 12.0 Å². The molecule has 0 aliphatic heterocycles. The first kappa shape index (κ1) is 11.7. The maximum absolute atomic E-state index is 10.6. The summed E-state index contributed by atoms with van der Waals surface area (Å²) in [5, 5.41) is 10.4. The van der Waals surface area contributed by atoms with Crippen molar-refractivity contribution in [3.63, 3.8) is 0 Å². The summed E-state index contributed by atoms with van der Waals surface area (Å²) < 4.78 is 5.36. The second kappa shape index (κ2) is 5.05. The van der Waals surface area contributed by atoms with E-state index < -0.39 is 4.92 Å². The molecule has 1 heterocycles. The Morgan fingerprint density at radius 2 is 2.11 bits per heavy atom. The molecule has 0 bridgehead atoms. The first-order valence-electron chi connectivity index (χ1n) is 5.02. The molecule has 6 nitrogen and oxygen atoms in total. The third-order valence-electron chi connectivity index (χ3n) is 2.15. The van der Waals surface area contributed by atoms with Gasteiger partial charge >= 0.3 is 0 Å². The zero-order valence-corrected chi connectivity index (χ0v) is 9.15. The molecule has 0 atom stereocenters. The van der Waals surface area contributed by atoms with E-state index in [1.165, 1.54) is 12.1 Å². The second-order valence-corrected chi connectivity index (χ2v) is 3.40. The van der Waals surface area contributed by atoms with Crippen LogP contribution in [-0.4, -0.2) is 16.2 Å². The van der Waals surface area contributed by atoms with Gasteiger partial charge in [-0.25, -0.2) is 4.98 Å². The fraction of sp³-hybridized carbons (Fsp3) is 0. The standard InChI is InChI=1S/C12H8N2O4/c15-8-9-2-1-3-11(6-9)18-12-5-4-10(7-13-12)14(16)17/h1-8H. The van der Waals surface area contributed by atoms with Crippen molar-refractivity contribution in [1.29, 1.82) is 0 Å². The Hall–Kier alpha value is -2.76. The summed E-state index contributed by atoms with van der Waals surface area (Å²) in [6.07, 6.45) is 1.81. The molecule has 0 saturated carbocycles. The molecule has 18 heavy (non-hydrogen) atoms. The summed E-state index contributed by atoms with van der Waals surface area (Å²) in [6.45, 7) is 0. The third kappa shape index (κ3) is 2.67. The lowest BCUT2D eigenvalue weighted by Crippen LogP contribution is -1.92. The van der Waals surface area contributed by atoms with Crippen LogP contribution in [0.3, 0.4) is 0 Å². The number of ether oxygens (including phenoxy) is 1. The van der Waals surface area contributed by atoms with Gasteiger partial charge in [0.15, 0.2) is 0 Å². The Morgan fingerprint density at radius 1 is 1.28 bits per heavy atom. The summed E-state index contributed by atoms with van der Waals surface area (Å²) >= 11 is 0. The molecule has 0 unspecified atom stereocenters. The molecule has 6 heteroatoms. The van der Waals surface area contributed by atoms with E-state index in [9.17, 15) is 14.9 Å². The summed E-state index contributed by atoms with van der Waals surface area (Å²) in [5.41, 5.74) is 0.374. The van der Waals surface area contributed by atoms with Gasteiger partial charge in [-0.2, -0.15) is 0 Å². The van der Waals surface area contributed by atoms with Crippen LogP contribution in [0.1, 0.15) is 10.4 Å². The molecule has 0 N–H and O–H groups in total. The first-order chi connectivity index (χ1) is 8.69. The lowest BCUT2D eigenvalue weighted by Gasteiger charge is -2.04. The maximum Gasteiger partial charge on any atom is 0.287 e. The highest BCUT2D eigenvalue weighted by molar-refractivity contribution is 5.75. The van der Waals surface area contributed by atoms with Gasteiger partial charge in [-0.1, -0.05) is 12.1 Å². The maximum atomic E-state index is 10.6. The van der Waals surface area contributed by atoms with Gasteiger partial charge in [0.1, 0.15) is 18.2 Å². The highest BCUT2D eigenvalue weighted by Gasteiger charge is 2.06. The van der Waals surface area contributed by atoms with Crippen molar-refractivity contribution < 1.29 is 14.5 Å². The minimum atomic E-state index is -0.538. The predicted octanol–water partition coefficient (Wildman–Crippen LogP) is 2.59. The molecule has 0 aliphatic rings. The Bertz CT molecular complexity index is 581. The van der Waals surface area contributed by atoms with Gasteiger partial charge in [-0.15, -0.1) is 0 Å². The van der Waals surface area contributed by atoms with E-state index in [1.807, 2.05) is 0 Å². The highest BCUT2D eigenvalue weighted by Crippen LogP contribution is 2.21. The Balaban J connectivity index is 2.17. The Morgan fingerprint density at radius 3 is 2.72 bits per heavy atom. The molecule has 0 spiro atoms. The fourth-order valence-electron chi connectivity index (χ4n) is 1.31. The lowest BCUT2D eigenvalue weighted by molar-refractivity contribution is -0.385. The summed E-state index contributed by atoms with van der Waals surface area (Å²) in [6, 6.07) is 9.22. The number of aldehydes is 1. The molecular formula is C12H8N2O4. The van der Waals surface area contributed by atoms with Crippen molar-refractivity contribution in [2.45, 2.75) is 0 Å². The lowest BCUT2D eigenvalue weighted by atomic mass is 10.2. The molecule has 0 aliphatic carbocycles. The molecule has 2 aromatic rings. The van der Waals surface area contributed by atoms with Gasteiger partial charge in [-0.3, -0.25) is 14.9 Å². The van der Waals surface area contributed by atoms with E-state index in [2.05, 4.69) is 4.98 Å². The van der Waals surface area contributed by atoms with E-state index in [1.54, 1.807) is 24.3 Å². The van der Waals surface area contributed by atoms with Crippen molar-refractivity contribution in [3.05, 3.63) is 58.3 Å². The van der Waals surface area contributed by atoms with Crippen LogP contribution in [0.5, 0.6) is 11.6 Å². The van der Waals surface area contributed by atoms with E-state index in [0.717, 1.165) is 6.20 Å². The minimum Gasteiger partial charge on any atom is -0.439 e. The van der Waals surface area contributed by atoms with Crippen molar-refractivity contribution in [2.24, 2.45) is 0 Å². The minimum absolute atomic E-state index is 0.107. The number of hydrogen-bond donors (Lipinski definition) is 0. The van der Waals surface area contributed by atoms with Gasteiger partial charge in [0.05, 0.1) is 4.92 Å². The average Bonchev–Trinajstić information content (AvgIpc) is 2.39. The summed E-state index contributed by atoms with van der Waals surface area (Å²) in [7, 11) is 0. The van der Waals surface area contributed by atoms with Crippen LogP contribution in [0.4, 0.5) is 5.69 Å². The summed E-state index contributed by atoms with van der Waals surface area (Å²) in [5.74, 6) is 0.671. The van der Waals surface area contributed by atoms with Crippen LogP contribution < -0.4 is 4.74 Å². The topological polar surface area (TPSA) is 82.3 Å². The SMILES string of the molecule is O=Cc1cccc(Oc2ccc([N+](=O)[O-])cn2)c1. The Labute approximate surface area is 102 Å². The molecule has 0 radical (unpaired) electrons. The largest absolute Gasteiger partial charge is 0.439 e. The van der Waals surface area contributed by atoms with Gasteiger partial charge in [0.2, 0.25) is 5.88 Å². The molecule has 0 amide bonds. The van der Waals surface area contributed by atoms with E-state index in [0.29, 0.717) is 17.6 Å². The van der Waals surface area contributed by atoms with Gasteiger partial charge < -0.3 is 4.74 Å². The molecule has 2 rings (SSSR count). The molecule has 90 valence electrons. The average molecular weight is 244 g/mol. The molecule has 1 aromatic carbocycles. The van der Waals surface area contributed by atoms with Gasteiger partial charge in [0, 0.05) is 17.7 Å². The van der Waals surface area contributed by atoms with Crippen molar-refractivity contribution in [1.82, 2.24) is 4.98 Å². The third-order valence-corrected chi connectivity index (χ3v) is 2.15. The highest BCUT2D eigenvalue weighted by atomic mass is 16.6. The monoisotopic (exact) mass is 244 g/mol. The van der Waals surface area contributed by atoms with Crippen molar-refractivity contribution in [3.8, 4) is 11.6 Å². The number of aromatic nitrogens is 1. The van der Waals surface area contributed by atoms with E-state index in [-0.39, 0.29) is 11.6 Å². The predicted molar refractivity (Wildman–Crippen MR) is 62.8 cm³/mol. The number of benzene rings is 1. The molecule has 0 fully saturated rings. The van der Waals surface area contributed by atoms with Crippen LogP contribution in [-0.2, 0) is 0 Å². The van der Waals surface area contributed by atoms with Gasteiger partial charge in [0.25, 0.3) is 5.69 Å². The van der Waals surface area contributed by atoms with E-state index in [4.69, 9.17) is 4.74 Å². The van der Waals surface area contributed by atoms with Crippen molar-refractivity contribution in [2.75, 3.05) is 0 Å². The zero-order valence-electron chi connectivity index (χ0n) is 9.15. The smallest absolute Gasteiger partial charge is 0.287 e. The van der Waals surface area contributed by atoms with Crippen LogP contribution in [0, 0.1) is 10.1 Å². The zero-order chi connectivity index (χ0) is 13.0. The number of carbonyl (C=O) groups is 1. The normalized spacial score (nSPS) is 9.78.